The molecule has 2 atom stereocenters. The minimum Gasteiger partial charge on any atom is -0.378 e. The van der Waals surface area contributed by atoms with Crippen LogP contribution in [0.25, 0.3) is 10.9 Å². The first kappa shape index (κ1) is 29.4. The average molecular weight is 584 g/mol. The highest BCUT2D eigenvalue weighted by Gasteiger charge is 2.41. The lowest BCUT2D eigenvalue weighted by atomic mass is 9.84. The van der Waals surface area contributed by atoms with E-state index in [-0.39, 0.29) is 11.9 Å². The van der Waals surface area contributed by atoms with E-state index in [9.17, 15) is 18.5 Å². The number of nitrogens with zero attached hydrogens (tertiary/aromatic N) is 4. The number of nitriles is 1. The number of ether oxygens (including phenoxy) is 1. The number of benzene rings is 1. The highest BCUT2D eigenvalue weighted by atomic mass is 32.2. The SMILES string of the molecule is CS(=O)(=O)NC(=NC(CC1CCCCC1)C(=O)NC1(C#N)CCN(Cc2c[nH]c3ccccc23)C1)N1CCOCC1. The molecular weight excluding hydrogens is 542 g/mol. The fourth-order valence-corrected chi connectivity index (χ4v) is 6.80. The maximum absolute atomic E-state index is 13.9. The molecule has 1 aliphatic carbocycles. The molecule has 41 heavy (non-hydrogen) atoms. The summed E-state index contributed by atoms with van der Waals surface area (Å²) < 4.78 is 32.5. The van der Waals surface area contributed by atoms with E-state index in [1.807, 2.05) is 29.3 Å². The normalized spacial score (nSPS) is 23.8. The zero-order chi connectivity index (χ0) is 28.9. The van der Waals surface area contributed by atoms with E-state index in [4.69, 9.17) is 9.73 Å². The van der Waals surface area contributed by atoms with Gasteiger partial charge in [-0.05, 0) is 30.4 Å². The first-order valence-electron chi connectivity index (χ1n) is 14.6. The topological polar surface area (TPSA) is 143 Å². The van der Waals surface area contributed by atoms with E-state index in [1.165, 1.54) is 6.42 Å². The molecule has 3 heterocycles. The zero-order valence-electron chi connectivity index (χ0n) is 23.8. The number of nitrogens with one attached hydrogen (secondary N) is 3. The molecular formula is C29H41N7O4S. The number of hydrogen-bond acceptors (Lipinski definition) is 7. The number of fused-ring (bicyclic) bond motifs is 1. The van der Waals surface area contributed by atoms with Crippen LogP contribution in [0.4, 0.5) is 0 Å². The number of sulfonamides is 1. The highest BCUT2D eigenvalue weighted by Crippen LogP contribution is 2.30. The van der Waals surface area contributed by atoms with Crippen LogP contribution in [0, 0.1) is 17.2 Å². The number of morpholine rings is 1. The Morgan fingerprint density at radius 3 is 2.71 bits per heavy atom. The van der Waals surface area contributed by atoms with Gasteiger partial charge in [0.25, 0.3) is 0 Å². The molecule has 0 spiro atoms. The second-order valence-corrected chi connectivity index (χ2v) is 13.4. The number of guanidine groups is 1. The van der Waals surface area contributed by atoms with Crippen molar-refractivity contribution in [3.63, 3.8) is 0 Å². The van der Waals surface area contributed by atoms with Gasteiger partial charge in [-0.3, -0.25) is 14.4 Å². The van der Waals surface area contributed by atoms with Crippen LogP contribution in [-0.2, 0) is 26.1 Å². The van der Waals surface area contributed by atoms with E-state index in [0.717, 1.165) is 48.4 Å². The second-order valence-electron chi connectivity index (χ2n) is 11.7. The Morgan fingerprint density at radius 2 is 1.98 bits per heavy atom. The molecule has 3 fully saturated rings. The van der Waals surface area contributed by atoms with Gasteiger partial charge in [0.1, 0.15) is 11.6 Å². The van der Waals surface area contributed by atoms with Crippen LogP contribution in [0.5, 0.6) is 0 Å². The van der Waals surface area contributed by atoms with Crippen LogP contribution in [0.15, 0.2) is 35.5 Å². The largest absolute Gasteiger partial charge is 0.378 e. The third-order valence-corrected chi connectivity index (χ3v) is 9.00. The number of likely N-dealkylation sites (tertiary alicyclic amines) is 1. The van der Waals surface area contributed by atoms with Crippen LogP contribution in [0.2, 0.25) is 0 Å². The maximum atomic E-state index is 13.9. The van der Waals surface area contributed by atoms with Crippen molar-refractivity contribution in [3.05, 3.63) is 36.0 Å². The number of amides is 1. The quantitative estimate of drug-likeness (QED) is 0.320. The highest BCUT2D eigenvalue weighted by molar-refractivity contribution is 7.89. The predicted octanol–water partition coefficient (Wildman–Crippen LogP) is 2.33. The molecule has 2 aliphatic heterocycles. The average Bonchev–Trinajstić information content (AvgIpc) is 3.57. The van der Waals surface area contributed by atoms with Crippen molar-refractivity contribution < 1.29 is 17.9 Å². The molecule has 2 saturated heterocycles. The summed E-state index contributed by atoms with van der Waals surface area (Å²) in [6.07, 6.45) is 9.59. The van der Waals surface area contributed by atoms with Crippen molar-refractivity contribution in [3.8, 4) is 6.07 Å². The number of aromatic nitrogens is 1. The molecule has 1 aromatic carbocycles. The van der Waals surface area contributed by atoms with Crippen molar-refractivity contribution in [2.45, 2.75) is 63.1 Å². The summed E-state index contributed by atoms with van der Waals surface area (Å²) >= 11 is 0. The van der Waals surface area contributed by atoms with Crippen LogP contribution >= 0.6 is 0 Å². The molecule has 0 bridgehead atoms. The zero-order valence-corrected chi connectivity index (χ0v) is 24.6. The molecule has 0 radical (unpaired) electrons. The monoisotopic (exact) mass is 583 g/mol. The molecule has 2 aromatic rings. The molecule has 11 nitrogen and oxygen atoms in total. The van der Waals surface area contributed by atoms with Gasteiger partial charge in [-0.25, -0.2) is 13.4 Å². The number of para-hydroxylation sites is 1. The summed E-state index contributed by atoms with van der Waals surface area (Å²) in [4.78, 5) is 26.0. The Morgan fingerprint density at radius 1 is 1.22 bits per heavy atom. The molecule has 3 N–H and O–H groups in total. The van der Waals surface area contributed by atoms with Gasteiger partial charge < -0.3 is 19.9 Å². The van der Waals surface area contributed by atoms with Crippen molar-refractivity contribution in [2.75, 3.05) is 45.6 Å². The number of H-pyrrole nitrogens is 1. The molecule has 1 saturated carbocycles. The van der Waals surface area contributed by atoms with Crippen LogP contribution in [0.1, 0.15) is 50.5 Å². The second kappa shape index (κ2) is 12.8. The predicted molar refractivity (Wildman–Crippen MR) is 157 cm³/mol. The number of hydrogen-bond donors (Lipinski definition) is 3. The molecule has 5 rings (SSSR count). The molecule has 1 amide bonds. The lowest BCUT2D eigenvalue weighted by Crippen LogP contribution is -2.54. The first-order valence-corrected chi connectivity index (χ1v) is 16.5. The van der Waals surface area contributed by atoms with E-state index >= 15 is 0 Å². The van der Waals surface area contributed by atoms with Crippen LogP contribution in [-0.4, -0.2) is 92.3 Å². The molecule has 3 aliphatic rings. The summed E-state index contributed by atoms with van der Waals surface area (Å²) in [5.41, 5.74) is 1.19. The van der Waals surface area contributed by atoms with Gasteiger partial charge in [-0.2, -0.15) is 5.26 Å². The Labute approximate surface area is 242 Å². The summed E-state index contributed by atoms with van der Waals surface area (Å²) in [6.45, 7) is 3.62. The first-order chi connectivity index (χ1) is 19.7. The third-order valence-electron chi connectivity index (χ3n) is 8.44. The smallest absolute Gasteiger partial charge is 0.246 e. The summed E-state index contributed by atoms with van der Waals surface area (Å²) in [5, 5.41) is 14.5. The molecule has 222 valence electrons. The minimum absolute atomic E-state index is 0.171. The minimum atomic E-state index is -3.62. The van der Waals surface area contributed by atoms with Gasteiger partial charge in [-0.1, -0.05) is 50.3 Å². The Bertz CT molecular complexity index is 1390. The van der Waals surface area contributed by atoms with E-state index < -0.39 is 21.6 Å². The molecule has 2 unspecified atom stereocenters. The fourth-order valence-electron chi connectivity index (χ4n) is 6.29. The number of aromatic amines is 1. The third kappa shape index (κ3) is 7.58. The number of carbonyl (C=O) groups excluding carboxylic acids is 1. The van der Waals surface area contributed by atoms with Crippen molar-refractivity contribution in [1.29, 1.82) is 5.26 Å². The standard InChI is InChI=1S/C29H41N7O4S/c1-41(38,39)34-28(36-13-15-40-16-14-36)32-26(17-22-7-3-2-4-8-22)27(37)33-29(20-30)11-12-35(21-29)19-23-18-31-25-10-6-5-9-24(23)25/h5-6,9-10,18,22,26,31H,2-4,7-8,11-17,19,21H2,1H3,(H,32,34)(H,33,37). The molecule has 12 heteroatoms. The summed E-state index contributed by atoms with van der Waals surface area (Å²) in [7, 11) is -3.62. The van der Waals surface area contributed by atoms with E-state index in [1.54, 1.807) is 0 Å². The van der Waals surface area contributed by atoms with Gasteiger partial charge in [0.05, 0.1) is 25.5 Å². The fraction of sp³-hybridized carbons (Fsp3) is 0.621. The number of aliphatic imine (C=N–C) groups is 1. The van der Waals surface area contributed by atoms with E-state index in [2.05, 4.69) is 32.1 Å². The Kier molecular flexibility index (Phi) is 9.16. The Balaban J connectivity index is 1.34. The number of carbonyl (C=O) groups is 1. The number of rotatable bonds is 8. The molecule has 1 aromatic heterocycles. The van der Waals surface area contributed by atoms with Crippen LogP contribution in [0.3, 0.4) is 0 Å². The van der Waals surface area contributed by atoms with Crippen LogP contribution < -0.4 is 10.0 Å². The van der Waals surface area contributed by atoms with Crippen molar-refractivity contribution >= 4 is 32.8 Å². The van der Waals surface area contributed by atoms with Gasteiger partial charge in [0, 0.05) is 49.8 Å². The van der Waals surface area contributed by atoms with Crippen molar-refractivity contribution in [1.82, 2.24) is 24.8 Å². The summed E-state index contributed by atoms with van der Waals surface area (Å²) in [5.74, 6) is 0.171. The van der Waals surface area contributed by atoms with Gasteiger partial charge in [-0.15, -0.1) is 0 Å². The van der Waals surface area contributed by atoms with Crippen molar-refractivity contribution in [2.24, 2.45) is 10.9 Å². The van der Waals surface area contributed by atoms with E-state index in [0.29, 0.717) is 64.7 Å². The Hall–Kier alpha value is -3.14. The lowest BCUT2D eigenvalue weighted by Gasteiger charge is -2.32. The maximum Gasteiger partial charge on any atom is 0.246 e. The van der Waals surface area contributed by atoms with Gasteiger partial charge >= 0.3 is 0 Å². The van der Waals surface area contributed by atoms with Gasteiger partial charge in [0.2, 0.25) is 21.9 Å². The lowest BCUT2D eigenvalue weighted by molar-refractivity contribution is -0.124. The summed E-state index contributed by atoms with van der Waals surface area (Å²) in [6, 6.07) is 9.73. The van der Waals surface area contributed by atoms with Gasteiger partial charge in [0.15, 0.2) is 0 Å².